The molecule has 0 saturated carbocycles. The van der Waals surface area contributed by atoms with Gasteiger partial charge in [-0.3, -0.25) is 0 Å². The van der Waals surface area contributed by atoms with E-state index in [1.807, 2.05) is 12.1 Å². The lowest BCUT2D eigenvalue weighted by atomic mass is 9.94. The summed E-state index contributed by atoms with van der Waals surface area (Å²) < 4.78 is 7.02. The molecule has 0 aliphatic carbocycles. The van der Waals surface area contributed by atoms with Crippen LogP contribution in [0.3, 0.4) is 0 Å². The van der Waals surface area contributed by atoms with E-state index < -0.39 is 6.10 Å². The Morgan fingerprint density at radius 1 is 1.04 bits per heavy atom. The van der Waals surface area contributed by atoms with Crippen molar-refractivity contribution in [2.75, 3.05) is 13.7 Å². The number of aliphatic hydroxyl groups is 3. The first-order valence-corrected chi connectivity index (χ1v) is 10.1. The molecule has 2 aromatic rings. The molecule has 3 rings (SSSR count). The summed E-state index contributed by atoms with van der Waals surface area (Å²) in [6.45, 7) is 2.11. The van der Waals surface area contributed by atoms with E-state index >= 15 is 0 Å². The van der Waals surface area contributed by atoms with E-state index in [4.69, 9.17) is 9.84 Å². The normalized spacial score (nSPS) is 22.1. The van der Waals surface area contributed by atoms with Gasteiger partial charge in [-0.05, 0) is 41.2 Å². The van der Waals surface area contributed by atoms with Crippen molar-refractivity contribution in [3.05, 3.63) is 69.2 Å². The maximum atomic E-state index is 10.1. The van der Waals surface area contributed by atoms with Crippen LogP contribution in [0.25, 0.3) is 0 Å². The molecule has 27 heavy (non-hydrogen) atoms. The summed E-state index contributed by atoms with van der Waals surface area (Å²) in [5.74, 6) is 0. The van der Waals surface area contributed by atoms with Crippen LogP contribution in [-0.4, -0.2) is 41.2 Å². The van der Waals surface area contributed by atoms with Crippen LogP contribution in [-0.2, 0) is 17.6 Å². The van der Waals surface area contributed by atoms with Crippen LogP contribution in [0.1, 0.15) is 48.1 Å². The van der Waals surface area contributed by atoms with Crippen molar-refractivity contribution in [1.29, 1.82) is 0 Å². The number of aryl methyl sites for hydroxylation is 1. The monoisotopic (exact) mass is 436 g/mol. The molecule has 148 valence electrons. The van der Waals surface area contributed by atoms with Gasteiger partial charge in [-0.25, -0.2) is 0 Å². The average Bonchev–Trinajstić information content (AvgIpc) is 2.71. The molecule has 1 fully saturated rings. The SMILES string of the molecule is CCc1ccc(Cc2cc([C@H]3CC(O)CC(CO)O3)ccc2Br)cc1.CO. The third-order valence-corrected chi connectivity index (χ3v) is 5.62. The first kappa shape index (κ1) is 22.1. The van der Waals surface area contributed by atoms with Crippen molar-refractivity contribution in [2.24, 2.45) is 0 Å². The number of ether oxygens (including phenoxy) is 1. The Labute approximate surface area is 170 Å². The lowest BCUT2D eigenvalue weighted by Crippen LogP contribution is -2.33. The molecule has 0 amide bonds. The van der Waals surface area contributed by atoms with Crippen molar-refractivity contribution in [2.45, 2.75) is 50.9 Å². The van der Waals surface area contributed by atoms with E-state index in [2.05, 4.69) is 53.2 Å². The predicted molar refractivity (Wildman–Crippen MR) is 111 cm³/mol. The summed E-state index contributed by atoms with van der Waals surface area (Å²) in [6, 6.07) is 14.9. The molecule has 2 unspecified atom stereocenters. The minimum atomic E-state index is -0.426. The van der Waals surface area contributed by atoms with Gasteiger partial charge in [0.2, 0.25) is 0 Å². The van der Waals surface area contributed by atoms with Gasteiger partial charge in [-0.15, -0.1) is 0 Å². The number of hydrogen-bond acceptors (Lipinski definition) is 4. The highest BCUT2D eigenvalue weighted by Gasteiger charge is 2.29. The Hall–Kier alpha value is -1.24. The van der Waals surface area contributed by atoms with Gasteiger partial charge >= 0.3 is 0 Å². The Morgan fingerprint density at radius 2 is 1.70 bits per heavy atom. The largest absolute Gasteiger partial charge is 0.400 e. The van der Waals surface area contributed by atoms with E-state index in [1.54, 1.807) is 0 Å². The molecular formula is C22H29BrO4. The van der Waals surface area contributed by atoms with Crippen LogP contribution in [0.15, 0.2) is 46.9 Å². The summed E-state index contributed by atoms with van der Waals surface area (Å²) in [6.07, 6.45) is 2.08. The van der Waals surface area contributed by atoms with Crippen molar-refractivity contribution in [1.82, 2.24) is 0 Å². The fourth-order valence-corrected chi connectivity index (χ4v) is 3.75. The maximum absolute atomic E-state index is 10.1. The second-order valence-corrected chi connectivity index (χ2v) is 7.61. The van der Waals surface area contributed by atoms with Crippen molar-refractivity contribution >= 4 is 15.9 Å². The lowest BCUT2D eigenvalue weighted by Gasteiger charge is -2.32. The number of halogens is 1. The van der Waals surface area contributed by atoms with Gasteiger partial charge in [-0.1, -0.05) is 59.3 Å². The highest BCUT2D eigenvalue weighted by atomic mass is 79.9. The van der Waals surface area contributed by atoms with Crippen LogP contribution in [0.2, 0.25) is 0 Å². The van der Waals surface area contributed by atoms with Gasteiger partial charge in [0.15, 0.2) is 0 Å². The first-order chi connectivity index (χ1) is 13.1. The van der Waals surface area contributed by atoms with E-state index in [9.17, 15) is 10.2 Å². The summed E-state index contributed by atoms with van der Waals surface area (Å²) >= 11 is 3.65. The van der Waals surface area contributed by atoms with Gasteiger partial charge in [0.05, 0.1) is 24.9 Å². The predicted octanol–water partition coefficient (Wildman–Crippen LogP) is 3.78. The molecule has 0 radical (unpaired) electrons. The first-order valence-electron chi connectivity index (χ1n) is 9.34. The molecule has 1 saturated heterocycles. The second-order valence-electron chi connectivity index (χ2n) is 6.75. The van der Waals surface area contributed by atoms with Gasteiger partial charge in [-0.2, -0.15) is 0 Å². The minimum Gasteiger partial charge on any atom is -0.400 e. The Balaban J connectivity index is 0.00000126. The molecule has 3 atom stereocenters. The standard InChI is InChI=1S/C21H25BrO3.CH4O/c1-2-14-3-5-15(6-4-14)9-17-10-16(7-8-20(17)22)21-12-18(24)11-19(13-23)25-21;1-2/h3-8,10,18-19,21,23-24H,2,9,11-13H2,1H3;2H,1H3/t18?,19?,21-;/m1./s1. The highest BCUT2D eigenvalue weighted by Crippen LogP contribution is 2.33. The maximum Gasteiger partial charge on any atom is 0.0854 e. The van der Waals surface area contributed by atoms with Crippen molar-refractivity contribution in [3.8, 4) is 0 Å². The molecule has 4 nitrogen and oxygen atoms in total. The minimum absolute atomic E-state index is 0.0548. The van der Waals surface area contributed by atoms with E-state index in [0.717, 1.165) is 30.0 Å². The Morgan fingerprint density at radius 3 is 2.33 bits per heavy atom. The highest BCUT2D eigenvalue weighted by molar-refractivity contribution is 9.10. The molecule has 0 aromatic heterocycles. The number of benzene rings is 2. The van der Waals surface area contributed by atoms with Crippen molar-refractivity contribution in [3.63, 3.8) is 0 Å². The van der Waals surface area contributed by atoms with Crippen LogP contribution < -0.4 is 0 Å². The molecule has 1 aliphatic rings. The summed E-state index contributed by atoms with van der Waals surface area (Å²) in [5, 5.41) is 26.4. The molecule has 1 heterocycles. The third kappa shape index (κ3) is 6.13. The van der Waals surface area contributed by atoms with Crippen LogP contribution in [0.5, 0.6) is 0 Å². The molecule has 2 aromatic carbocycles. The van der Waals surface area contributed by atoms with E-state index in [1.165, 1.54) is 16.7 Å². The molecule has 5 heteroatoms. The van der Waals surface area contributed by atoms with Crippen molar-refractivity contribution < 1.29 is 20.1 Å². The zero-order valence-corrected chi connectivity index (χ0v) is 17.5. The average molecular weight is 437 g/mol. The summed E-state index contributed by atoms with van der Waals surface area (Å²) in [5.41, 5.74) is 4.87. The molecule has 3 N–H and O–H groups in total. The van der Waals surface area contributed by atoms with E-state index in [-0.39, 0.29) is 18.8 Å². The fraction of sp³-hybridized carbons (Fsp3) is 0.455. The summed E-state index contributed by atoms with van der Waals surface area (Å²) in [7, 11) is 1.00. The second kappa shape index (κ2) is 10.9. The number of hydrogen-bond donors (Lipinski definition) is 3. The smallest absolute Gasteiger partial charge is 0.0854 e. The molecule has 0 bridgehead atoms. The Kier molecular flexibility index (Phi) is 8.93. The topological polar surface area (TPSA) is 69.9 Å². The van der Waals surface area contributed by atoms with Crippen LogP contribution in [0.4, 0.5) is 0 Å². The van der Waals surface area contributed by atoms with Crippen LogP contribution >= 0.6 is 15.9 Å². The molecular weight excluding hydrogens is 408 g/mol. The number of rotatable bonds is 5. The summed E-state index contributed by atoms with van der Waals surface area (Å²) in [4.78, 5) is 0. The van der Waals surface area contributed by atoms with Gasteiger partial charge in [0, 0.05) is 24.4 Å². The van der Waals surface area contributed by atoms with Gasteiger partial charge in [0.25, 0.3) is 0 Å². The lowest BCUT2D eigenvalue weighted by molar-refractivity contribution is -0.113. The van der Waals surface area contributed by atoms with E-state index in [0.29, 0.717) is 12.8 Å². The molecule has 0 spiro atoms. The van der Waals surface area contributed by atoms with Gasteiger partial charge < -0.3 is 20.1 Å². The zero-order chi connectivity index (χ0) is 19.8. The molecule has 1 aliphatic heterocycles. The third-order valence-electron chi connectivity index (χ3n) is 4.85. The zero-order valence-electron chi connectivity index (χ0n) is 15.9. The Bertz CT molecular complexity index is 702. The number of aliphatic hydroxyl groups excluding tert-OH is 3. The van der Waals surface area contributed by atoms with Gasteiger partial charge in [0.1, 0.15) is 0 Å². The quantitative estimate of drug-likeness (QED) is 0.666. The fourth-order valence-electron chi connectivity index (χ4n) is 3.37. The van der Waals surface area contributed by atoms with Crippen LogP contribution in [0, 0.1) is 0 Å².